The van der Waals surface area contributed by atoms with E-state index in [0.717, 1.165) is 9.87 Å². The topological polar surface area (TPSA) is 92.8 Å². The van der Waals surface area contributed by atoms with Gasteiger partial charge in [0.2, 0.25) is 11.8 Å². The van der Waals surface area contributed by atoms with E-state index in [1.165, 1.54) is 12.1 Å². The minimum atomic E-state index is -4.04. The molecule has 1 aromatic rings. The number of aryl methyl sites for hydroxylation is 1. The van der Waals surface area contributed by atoms with E-state index in [4.69, 9.17) is 4.74 Å². The molecule has 1 aromatic carbocycles. The third-order valence-corrected chi connectivity index (χ3v) is 5.85. The number of sulfonamides is 1. The maximum absolute atomic E-state index is 12.8. The first-order valence-electron chi connectivity index (χ1n) is 8.37. The third kappa shape index (κ3) is 4.58. The van der Waals surface area contributed by atoms with Crippen LogP contribution in [0.15, 0.2) is 29.2 Å². The molecule has 0 bridgehead atoms. The zero-order valence-corrected chi connectivity index (χ0v) is 15.3. The fraction of sp³-hybridized carbons (Fsp3) is 0.529. The van der Waals surface area contributed by atoms with Gasteiger partial charge in [0.15, 0.2) is 0 Å². The van der Waals surface area contributed by atoms with Crippen LogP contribution in [0, 0.1) is 6.92 Å². The lowest BCUT2D eigenvalue weighted by molar-refractivity contribution is -0.130. The number of carbonyl (C=O) groups is 2. The monoisotopic (exact) mass is 368 g/mol. The zero-order valence-electron chi connectivity index (χ0n) is 14.5. The van der Waals surface area contributed by atoms with Gasteiger partial charge >= 0.3 is 0 Å². The molecule has 1 heterocycles. The molecule has 8 heteroatoms. The number of amides is 2. The van der Waals surface area contributed by atoms with Crippen molar-refractivity contribution in [1.29, 1.82) is 0 Å². The second kappa shape index (κ2) is 8.44. The second-order valence-electron chi connectivity index (χ2n) is 5.90. The molecule has 25 heavy (non-hydrogen) atoms. The Kier molecular flexibility index (Phi) is 6.55. The summed E-state index contributed by atoms with van der Waals surface area (Å²) in [5.41, 5.74) is 0.912. The first-order chi connectivity index (χ1) is 11.9. The Morgan fingerprint density at radius 1 is 1.32 bits per heavy atom. The van der Waals surface area contributed by atoms with Gasteiger partial charge in [0.1, 0.15) is 6.04 Å². The van der Waals surface area contributed by atoms with E-state index in [2.05, 4.69) is 5.32 Å². The van der Waals surface area contributed by atoms with Crippen LogP contribution in [0.1, 0.15) is 31.7 Å². The van der Waals surface area contributed by atoms with Crippen LogP contribution in [0.2, 0.25) is 0 Å². The molecule has 0 radical (unpaired) electrons. The molecule has 2 rings (SSSR count). The number of rotatable bonds is 8. The van der Waals surface area contributed by atoms with Crippen LogP contribution in [-0.2, 0) is 24.3 Å². The van der Waals surface area contributed by atoms with Crippen LogP contribution in [0.4, 0.5) is 0 Å². The molecule has 1 aliphatic rings. The van der Waals surface area contributed by atoms with Crippen LogP contribution in [-0.4, -0.2) is 50.3 Å². The van der Waals surface area contributed by atoms with Crippen molar-refractivity contribution < 1.29 is 22.7 Å². The molecule has 7 nitrogen and oxygen atoms in total. The lowest BCUT2D eigenvalue weighted by atomic mass is 10.2. The summed E-state index contributed by atoms with van der Waals surface area (Å²) in [6.45, 7) is 5.23. The highest BCUT2D eigenvalue weighted by molar-refractivity contribution is 7.89. The molecule has 0 spiro atoms. The molecule has 0 aromatic heterocycles. The first-order valence-corrected chi connectivity index (χ1v) is 9.81. The quantitative estimate of drug-likeness (QED) is 0.697. The summed E-state index contributed by atoms with van der Waals surface area (Å²) < 4.78 is 31.5. The average Bonchev–Trinajstić information content (AvgIpc) is 2.97. The van der Waals surface area contributed by atoms with Gasteiger partial charge in [0, 0.05) is 26.2 Å². The molecular weight excluding hydrogens is 344 g/mol. The number of benzene rings is 1. The summed E-state index contributed by atoms with van der Waals surface area (Å²) in [4.78, 5) is 24.5. The Labute approximate surface area is 148 Å². The van der Waals surface area contributed by atoms with Crippen molar-refractivity contribution in [3.63, 3.8) is 0 Å². The molecule has 1 saturated heterocycles. The number of hydrogen-bond donors (Lipinski definition) is 1. The Bertz CT molecular complexity index is 715. The van der Waals surface area contributed by atoms with E-state index in [1.54, 1.807) is 12.1 Å². The van der Waals surface area contributed by atoms with Gasteiger partial charge in [0.25, 0.3) is 10.0 Å². The summed E-state index contributed by atoms with van der Waals surface area (Å²) in [5.74, 6) is -0.993. The van der Waals surface area contributed by atoms with Crippen LogP contribution in [0.5, 0.6) is 0 Å². The highest BCUT2D eigenvalue weighted by atomic mass is 32.2. The lowest BCUT2D eigenvalue weighted by Gasteiger charge is -2.23. The van der Waals surface area contributed by atoms with Crippen molar-refractivity contribution in [2.75, 3.05) is 19.8 Å². The van der Waals surface area contributed by atoms with Gasteiger partial charge in [-0.2, -0.15) is 0 Å². The largest absolute Gasteiger partial charge is 0.382 e. The minimum Gasteiger partial charge on any atom is -0.382 e. The molecular formula is C17H24N2O5S. The van der Waals surface area contributed by atoms with E-state index in [9.17, 15) is 18.0 Å². The van der Waals surface area contributed by atoms with Crippen LogP contribution >= 0.6 is 0 Å². The predicted molar refractivity (Wildman–Crippen MR) is 92.4 cm³/mol. The Hall–Kier alpha value is -1.93. The number of hydrogen-bond acceptors (Lipinski definition) is 5. The highest BCUT2D eigenvalue weighted by Crippen LogP contribution is 2.27. The van der Waals surface area contributed by atoms with Gasteiger partial charge in [-0.15, -0.1) is 0 Å². The van der Waals surface area contributed by atoms with Crippen molar-refractivity contribution in [2.45, 2.75) is 44.0 Å². The van der Waals surface area contributed by atoms with Crippen molar-refractivity contribution in [2.24, 2.45) is 0 Å². The molecule has 138 valence electrons. The standard InChI is InChI=1S/C17H24N2O5S/c1-3-24-12-4-11-18-17(21)15-9-10-16(20)19(15)25(22,23)14-7-5-13(2)6-8-14/h5-8,15H,3-4,9-12H2,1-2H3,(H,18,21)/t15-/m0/s1. The minimum absolute atomic E-state index is 0.0162. The maximum Gasteiger partial charge on any atom is 0.267 e. The van der Waals surface area contributed by atoms with Crippen LogP contribution in [0.25, 0.3) is 0 Å². The first kappa shape index (κ1) is 19.4. The van der Waals surface area contributed by atoms with Gasteiger partial charge in [-0.1, -0.05) is 17.7 Å². The van der Waals surface area contributed by atoms with Crippen LogP contribution in [0.3, 0.4) is 0 Å². The summed E-state index contributed by atoms with van der Waals surface area (Å²) in [6.07, 6.45) is 0.869. The van der Waals surface area contributed by atoms with E-state index in [0.29, 0.717) is 26.2 Å². The van der Waals surface area contributed by atoms with E-state index in [1.807, 2.05) is 13.8 Å². The van der Waals surface area contributed by atoms with Crippen molar-refractivity contribution >= 4 is 21.8 Å². The normalized spacial score (nSPS) is 17.8. The summed E-state index contributed by atoms with van der Waals surface area (Å²) in [7, 11) is -4.04. The molecule has 1 N–H and O–H groups in total. The predicted octanol–water partition coefficient (Wildman–Crippen LogP) is 1.22. The number of nitrogens with zero attached hydrogens (tertiary/aromatic N) is 1. The fourth-order valence-electron chi connectivity index (χ4n) is 2.67. The molecule has 0 saturated carbocycles. The molecule has 2 amide bonds. The summed E-state index contributed by atoms with van der Waals surface area (Å²) in [5, 5.41) is 2.69. The number of nitrogens with one attached hydrogen (secondary N) is 1. The molecule has 1 fully saturated rings. The SMILES string of the molecule is CCOCCCNC(=O)[C@@H]1CCC(=O)N1S(=O)(=O)c1ccc(C)cc1. The van der Waals surface area contributed by atoms with Gasteiger partial charge in [0.05, 0.1) is 4.90 Å². The van der Waals surface area contributed by atoms with E-state index >= 15 is 0 Å². The molecule has 1 atom stereocenters. The maximum atomic E-state index is 12.8. The third-order valence-electron chi connectivity index (χ3n) is 4.01. The summed E-state index contributed by atoms with van der Waals surface area (Å²) >= 11 is 0. The highest BCUT2D eigenvalue weighted by Gasteiger charge is 2.44. The average molecular weight is 368 g/mol. The van der Waals surface area contributed by atoms with E-state index in [-0.39, 0.29) is 17.7 Å². The van der Waals surface area contributed by atoms with Crippen LogP contribution < -0.4 is 5.32 Å². The molecule has 1 aliphatic heterocycles. The Morgan fingerprint density at radius 2 is 2.00 bits per heavy atom. The van der Waals surface area contributed by atoms with Gasteiger partial charge in [-0.3, -0.25) is 9.59 Å². The van der Waals surface area contributed by atoms with Gasteiger partial charge in [-0.05, 0) is 38.8 Å². The molecule has 0 aliphatic carbocycles. The van der Waals surface area contributed by atoms with Crippen molar-refractivity contribution in [3.8, 4) is 0 Å². The number of ether oxygens (including phenoxy) is 1. The lowest BCUT2D eigenvalue weighted by Crippen LogP contribution is -2.47. The van der Waals surface area contributed by atoms with Gasteiger partial charge in [-0.25, -0.2) is 12.7 Å². The van der Waals surface area contributed by atoms with E-state index < -0.39 is 27.9 Å². The van der Waals surface area contributed by atoms with Gasteiger partial charge < -0.3 is 10.1 Å². The number of carbonyl (C=O) groups excluding carboxylic acids is 2. The van der Waals surface area contributed by atoms with Crippen molar-refractivity contribution in [1.82, 2.24) is 9.62 Å². The molecule has 0 unspecified atom stereocenters. The van der Waals surface area contributed by atoms with Crippen molar-refractivity contribution in [3.05, 3.63) is 29.8 Å². The Balaban J connectivity index is 2.10. The second-order valence-corrected chi connectivity index (χ2v) is 7.72. The zero-order chi connectivity index (χ0) is 18.4. The fourth-order valence-corrected chi connectivity index (χ4v) is 4.28. The Morgan fingerprint density at radius 3 is 2.64 bits per heavy atom. The smallest absolute Gasteiger partial charge is 0.267 e. The summed E-state index contributed by atoms with van der Waals surface area (Å²) in [6, 6.07) is 5.23.